The molecule has 3 aliphatic rings. The highest BCUT2D eigenvalue weighted by Crippen LogP contribution is 2.48. The number of rotatable bonds is 1. The smallest absolute Gasteiger partial charge is 0.228 e. The summed E-state index contributed by atoms with van der Waals surface area (Å²) in [6.07, 6.45) is 4.69. The summed E-state index contributed by atoms with van der Waals surface area (Å²) in [5, 5.41) is 3.42. The minimum absolute atomic E-state index is 0.0202. The van der Waals surface area contributed by atoms with Gasteiger partial charge in [0.15, 0.2) is 0 Å². The van der Waals surface area contributed by atoms with Crippen LogP contribution in [-0.2, 0) is 4.79 Å². The highest BCUT2D eigenvalue weighted by Gasteiger charge is 2.50. The van der Waals surface area contributed by atoms with Crippen molar-refractivity contribution in [3.05, 3.63) is 0 Å². The third kappa shape index (κ3) is 1.48. The Hall–Kier alpha value is -0.570. The van der Waals surface area contributed by atoms with Gasteiger partial charge in [-0.2, -0.15) is 0 Å². The Morgan fingerprint density at radius 3 is 2.93 bits per heavy atom. The van der Waals surface area contributed by atoms with E-state index in [1.54, 1.807) is 0 Å². The van der Waals surface area contributed by atoms with Crippen molar-refractivity contribution in [2.45, 2.75) is 38.6 Å². The van der Waals surface area contributed by atoms with E-state index >= 15 is 0 Å². The molecule has 0 radical (unpaired) electrons. The zero-order valence-corrected chi connectivity index (χ0v) is 9.46. The largest absolute Gasteiger partial charge is 0.338 e. The van der Waals surface area contributed by atoms with E-state index in [4.69, 9.17) is 0 Å². The Morgan fingerprint density at radius 2 is 2.20 bits per heavy atom. The van der Waals surface area contributed by atoms with Crippen LogP contribution in [0.25, 0.3) is 0 Å². The van der Waals surface area contributed by atoms with Gasteiger partial charge in [0.05, 0.1) is 0 Å². The third-order valence-corrected chi connectivity index (χ3v) is 4.51. The van der Waals surface area contributed by atoms with Crippen LogP contribution >= 0.6 is 0 Å². The van der Waals surface area contributed by atoms with E-state index < -0.39 is 0 Å². The maximum absolute atomic E-state index is 12.3. The number of amides is 1. The molecule has 2 aliphatic heterocycles. The van der Waals surface area contributed by atoms with Crippen molar-refractivity contribution in [3.63, 3.8) is 0 Å². The predicted molar refractivity (Wildman–Crippen MR) is 58.4 cm³/mol. The quantitative estimate of drug-likeness (QED) is 0.697. The number of hydrogen-bond donors (Lipinski definition) is 1. The first-order chi connectivity index (χ1) is 7.21. The second-order valence-electron chi connectivity index (χ2n) is 5.67. The number of nitrogens with one attached hydrogen (secondary N) is 1. The molecule has 1 aliphatic carbocycles. The predicted octanol–water partition coefficient (Wildman–Crippen LogP) is 0.997. The Labute approximate surface area is 91.2 Å². The highest BCUT2D eigenvalue weighted by atomic mass is 16.2. The summed E-state index contributed by atoms with van der Waals surface area (Å²) in [5.41, 5.74) is 0.0202. The Kier molecular flexibility index (Phi) is 2.06. The standard InChI is InChI=1S/C12H20N2O/c1-12(4-5-12)11(15)14-7-3-9-2-6-13-8-10(9)14/h9-10,13H,2-8H2,1H3/t9-,10-/m0/s1. The summed E-state index contributed by atoms with van der Waals surface area (Å²) < 4.78 is 0. The van der Waals surface area contributed by atoms with E-state index in [0.717, 1.165) is 38.4 Å². The first-order valence-electron chi connectivity index (χ1n) is 6.22. The molecule has 1 saturated carbocycles. The number of fused-ring (bicyclic) bond motifs is 1. The SMILES string of the molecule is CC1(C(=O)N2CC[C@@H]3CCNC[C@@H]32)CC1. The van der Waals surface area contributed by atoms with Crippen LogP contribution in [0.15, 0.2) is 0 Å². The molecular formula is C12H20N2O. The van der Waals surface area contributed by atoms with Gasteiger partial charge in [0.2, 0.25) is 5.91 Å². The van der Waals surface area contributed by atoms with Gasteiger partial charge in [-0.3, -0.25) is 4.79 Å². The highest BCUT2D eigenvalue weighted by molar-refractivity contribution is 5.85. The van der Waals surface area contributed by atoms with Crippen molar-refractivity contribution in [2.24, 2.45) is 11.3 Å². The molecule has 0 spiro atoms. The second kappa shape index (κ2) is 3.21. The Morgan fingerprint density at radius 1 is 1.40 bits per heavy atom. The van der Waals surface area contributed by atoms with Crippen molar-refractivity contribution >= 4 is 5.91 Å². The minimum atomic E-state index is 0.0202. The first kappa shape index (κ1) is 9.64. The maximum Gasteiger partial charge on any atom is 0.228 e. The molecule has 15 heavy (non-hydrogen) atoms. The third-order valence-electron chi connectivity index (χ3n) is 4.51. The summed E-state index contributed by atoms with van der Waals surface area (Å²) >= 11 is 0. The molecule has 3 rings (SSSR count). The number of carbonyl (C=O) groups excluding carboxylic acids is 1. The molecule has 0 aromatic heterocycles. The molecule has 3 fully saturated rings. The molecule has 2 saturated heterocycles. The fourth-order valence-electron chi connectivity index (χ4n) is 3.07. The molecule has 0 aromatic carbocycles. The zero-order valence-electron chi connectivity index (χ0n) is 9.46. The topological polar surface area (TPSA) is 32.3 Å². The number of carbonyl (C=O) groups is 1. The summed E-state index contributed by atoms with van der Waals surface area (Å²) in [4.78, 5) is 14.5. The molecule has 3 heteroatoms. The van der Waals surface area contributed by atoms with Crippen molar-refractivity contribution < 1.29 is 4.79 Å². The molecule has 1 amide bonds. The average Bonchev–Trinajstić information content (AvgIpc) is 2.87. The lowest BCUT2D eigenvalue weighted by Crippen LogP contribution is -2.49. The zero-order chi connectivity index (χ0) is 10.5. The van der Waals surface area contributed by atoms with E-state index in [0.29, 0.717) is 11.9 Å². The fourth-order valence-corrected chi connectivity index (χ4v) is 3.07. The average molecular weight is 208 g/mol. The van der Waals surface area contributed by atoms with Crippen LogP contribution < -0.4 is 5.32 Å². The molecule has 1 N–H and O–H groups in total. The molecule has 0 bridgehead atoms. The normalized spacial score (nSPS) is 37.5. The Balaban J connectivity index is 1.74. The lowest BCUT2D eigenvalue weighted by molar-refractivity contribution is -0.137. The van der Waals surface area contributed by atoms with Crippen LogP contribution in [0.3, 0.4) is 0 Å². The molecule has 0 unspecified atom stereocenters. The summed E-state index contributed by atoms with van der Waals surface area (Å²) in [5.74, 6) is 1.20. The van der Waals surface area contributed by atoms with Crippen LogP contribution in [-0.4, -0.2) is 36.5 Å². The van der Waals surface area contributed by atoms with Gasteiger partial charge < -0.3 is 10.2 Å². The molecule has 3 nitrogen and oxygen atoms in total. The van der Waals surface area contributed by atoms with Gasteiger partial charge in [-0.05, 0) is 38.1 Å². The maximum atomic E-state index is 12.3. The van der Waals surface area contributed by atoms with Crippen LogP contribution in [0.2, 0.25) is 0 Å². The summed E-state index contributed by atoms with van der Waals surface area (Å²) in [6.45, 7) is 5.29. The molecule has 2 heterocycles. The molecule has 0 aromatic rings. The van der Waals surface area contributed by atoms with Crippen molar-refractivity contribution in [1.82, 2.24) is 10.2 Å². The Bertz CT molecular complexity index is 285. The van der Waals surface area contributed by atoms with Crippen molar-refractivity contribution in [2.75, 3.05) is 19.6 Å². The van der Waals surface area contributed by atoms with Gasteiger partial charge in [0.25, 0.3) is 0 Å². The first-order valence-corrected chi connectivity index (χ1v) is 6.22. The fraction of sp³-hybridized carbons (Fsp3) is 0.917. The molecule has 2 atom stereocenters. The van der Waals surface area contributed by atoms with Gasteiger partial charge in [-0.15, -0.1) is 0 Å². The van der Waals surface area contributed by atoms with Crippen LogP contribution in [0, 0.1) is 11.3 Å². The number of piperidine rings is 1. The van der Waals surface area contributed by atoms with Crippen LogP contribution in [0.4, 0.5) is 0 Å². The van der Waals surface area contributed by atoms with Gasteiger partial charge in [0.1, 0.15) is 0 Å². The lowest BCUT2D eigenvalue weighted by atomic mass is 9.93. The number of hydrogen-bond acceptors (Lipinski definition) is 2. The van der Waals surface area contributed by atoms with Gasteiger partial charge >= 0.3 is 0 Å². The minimum Gasteiger partial charge on any atom is -0.338 e. The van der Waals surface area contributed by atoms with E-state index in [-0.39, 0.29) is 5.41 Å². The van der Waals surface area contributed by atoms with Crippen molar-refractivity contribution in [3.8, 4) is 0 Å². The second-order valence-corrected chi connectivity index (χ2v) is 5.67. The van der Waals surface area contributed by atoms with Gasteiger partial charge in [-0.1, -0.05) is 6.92 Å². The number of likely N-dealkylation sites (tertiary alicyclic amines) is 1. The summed E-state index contributed by atoms with van der Waals surface area (Å²) in [6, 6.07) is 0.503. The lowest BCUT2D eigenvalue weighted by Gasteiger charge is -2.33. The van der Waals surface area contributed by atoms with Crippen molar-refractivity contribution in [1.29, 1.82) is 0 Å². The van der Waals surface area contributed by atoms with E-state index in [1.165, 1.54) is 12.8 Å². The van der Waals surface area contributed by atoms with Gasteiger partial charge in [-0.25, -0.2) is 0 Å². The summed E-state index contributed by atoms with van der Waals surface area (Å²) in [7, 11) is 0. The van der Waals surface area contributed by atoms with Crippen LogP contribution in [0.1, 0.15) is 32.6 Å². The van der Waals surface area contributed by atoms with E-state index in [1.807, 2.05) is 0 Å². The van der Waals surface area contributed by atoms with E-state index in [9.17, 15) is 4.79 Å². The van der Waals surface area contributed by atoms with Crippen LogP contribution in [0.5, 0.6) is 0 Å². The molecular weight excluding hydrogens is 188 g/mol. The molecule has 84 valence electrons. The van der Waals surface area contributed by atoms with E-state index in [2.05, 4.69) is 17.1 Å². The number of nitrogens with zero attached hydrogens (tertiary/aromatic N) is 1. The monoisotopic (exact) mass is 208 g/mol. The van der Waals surface area contributed by atoms with Gasteiger partial charge in [0, 0.05) is 24.5 Å².